The van der Waals surface area contributed by atoms with E-state index in [1.54, 1.807) is 12.4 Å². The minimum Gasteiger partial charge on any atom is -0.271 e. The molecule has 0 saturated carbocycles. The van der Waals surface area contributed by atoms with E-state index in [1.807, 2.05) is 37.3 Å². The van der Waals surface area contributed by atoms with Gasteiger partial charge in [-0.1, -0.05) is 23.7 Å². The van der Waals surface area contributed by atoms with Gasteiger partial charge in [-0.05, 0) is 48.2 Å². The summed E-state index contributed by atoms with van der Waals surface area (Å²) in [7, 11) is 0. The molecule has 0 spiro atoms. The Balaban J connectivity index is 2.26. The number of nitrogens with two attached hydrogens (primary N) is 1. The molecule has 1 unspecified atom stereocenters. The van der Waals surface area contributed by atoms with E-state index in [0.29, 0.717) is 0 Å². The molecule has 0 amide bonds. The summed E-state index contributed by atoms with van der Waals surface area (Å²) in [5.74, 6) is 5.66. The van der Waals surface area contributed by atoms with Crippen LogP contribution in [0, 0.1) is 6.92 Å². The Hall–Kier alpha value is -1.42. The number of nitrogens with one attached hydrogen (secondary N) is 1. The molecule has 0 radical (unpaired) electrons. The van der Waals surface area contributed by atoms with E-state index in [1.165, 1.54) is 5.56 Å². The van der Waals surface area contributed by atoms with Gasteiger partial charge in [-0.15, -0.1) is 0 Å². The zero-order valence-electron chi connectivity index (χ0n) is 10.2. The van der Waals surface area contributed by atoms with Crippen LogP contribution in [0.15, 0.2) is 42.7 Å². The number of halogens is 1. The van der Waals surface area contributed by atoms with Gasteiger partial charge in [0.05, 0.1) is 6.04 Å². The lowest BCUT2D eigenvalue weighted by Gasteiger charge is -2.19. The van der Waals surface area contributed by atoms with Crippen molar-refractivity contribution in [2.45, 2.75) is 19.4 Å². The highest BCUT2D eigenvalue weighted by molar-refractivity contribution is 6.31. The maximum atomic E-state index is 6.14. The number of benzene rings is 1. The molecule has 0 aliphatic heterocycles. The summed E-state index contributed by atoms with van der Waals surface area (Å²) in [6.07, 6.45) is 4.38. The van der Waals surface area contributed by atoms with E-state index in [0.717, 1.165) is 22.6 Å². The number of hydrogen-bond donors (Lipinski definition) is 2. The molecule has 4 heteroatoms. The number of rotatable bonds is 4. The third kappa shape index (κ3) is 2.88. The van der Waals surface area contributed by atoms with Gasteiger partial charge in [0.2, 0.25) is 0 Å². The van der Waals surface area contributed by atoms with Crippen LogP contribution in [0.2, 0.25) is 5.02 Å². The van der Waals surface area contributed by atoms with Gasteiger partial charge in [0, 0.05) is 17.4 Å². The van der Waals surface area contributed by atoms with Gasteiger partial charge in [-0.3, -0.25) is 16.3 Å². The highest BCUT2D eigenvalue weighted by atomic mass is 35.5. The summed E-state index contributed by atoms with van der Waals surface area (Å²) in [5.41, 5.74) is 6.24. The summed E-state index contributed by atoms with van der Waals surface area (Å²) in [6, 6.07) is 9.91. The Bertz CT molecular complexity index is 514. The van der Waals surface area contributed by atoms with E-state index >= 15 is 0 Å². The molecule has 0 fully saturated rings. The number of hydrogen-bond acceptors (Lipinski definition) is 3. The summed E-state index contributed by atoms with van der Waals surface area (Å²) in [6.45, 7) is 2.01. The molecule has 2 rings (SSSR count). The lowest BCUT2D eigenvalue weighted by Crippen LogP contribution is -2.30. The molecule has 94 valence electrons. The first-order valence-electron chi connectivity index (χ1n) is 5.82. The van der Waals surface area contributed by atoms with Crippen molar-refractivity contribution in [2.75, 3.05) is 0 Å². The first-order valence-corrected chi connectivity index (χ1v) is 6.20. The van der Waals surface area contributed by atoms with Crippen molar-refractivity contribution in [3.05, 3.63) is 64.4 Å². The van der Waals surface area contributed by atoms with Crippen molar-refractivity contribution in [1.29, 1.82) is 0 Å². The fraction of sp³-hybridized carbons (Fsp3) is 0.214. The molecule has 1 aromatic heterocycles. The third-order valence-corrected chi connectivity index (χ3v) is 3.48. The predicted molar refractivity (Wildman–Crippen MR) is 74.2 cm³/mol. The van der Waals surface area contributed by atoms with Gasteiger partial charge in [-0.2, -0.15) is 0 Å². The summed E-state index contributed by atoms with van der Waals surface area (Å²) in [5, 5.41) is 0.766. The smallest absolute Gasteiger partial charge is 0.0503 e. The fourth-order valence-electron chi connectivity index (χ4n) is 2.01. The number of pyridine rings is 1. The van der Waals surface area contributed by atoms with Crippen LogP contribution in [0.4, 0.5) is 0 Å². The molecule has 18 heavy (non-hydrogen) atoms. The molecule has 1 atom stereocenters. The summed E-state index contributed by atoms with van der Waals surface area (Å²) >= 11 is 6.14. The zero-order valence-corrected chi connectivity index (χ0v) is 11.0. The van der Waals surface area contributed by atoms with E-state index in [2.05, 4.69) is 10.4 Å². The Kier molecular flexibility index (Phi) is 4.31. The fourth-order valence-corrected chi connectivity index (χ4v) is 2.20. The first-order chi connectivity index (χ1) is 8.72. The van der Waals surface area contributed by atoms with Gasteiger partial charge < -0.3 is 0 Å². The van der Waals surface area contributed by atoms with Crippen molar-refractivity contribution >= 4 is 11.6 Å². The summed E-state index contributed by atoms with van der Waals surface area (Å²) in [4.78, 5) is 4.01. The topological polar surface area (TPSA) is 50.9 Å². The van der Waals surface area contributed by atoms with Crippen molar-refractivity contribution in [3.63, 3.8) is 0 Å². The molecular formula is C14H16ClN3. The normalized spacial score (nSPS) is 12.4. The van der Waals surface area contributed by atoms with Crippen molar-refractivity contribution in [3.8, 4) is 0 Å². The molecular weight excluding hydrogens is 246 g/mol. The Morgan fingerprint density at radius 1 is 1.28 bits per heavy atom. The second-order valence-electron chi connectivity index (χ2n) is 4.23. The van der Waals surface area contributed by atoms with E-state index in [4.69, 9.17) is 17.4 Å². The lowest BCUT2D eigenvalue weighted by atomic mass is 9.96. The maximum Gasteiger partial charge on any atom is 0.0503 e. The minimum absolute atomic E-state index is 0.0473. The van der Waals surface area contributed by atoms with E-state index in [-0.39, 0.29) is 6.04 Å². The van der Waals surface area contributed by atoms with Crippen LogP contribution in [-0.4, -0.2) is 4.98 Å². The van der Waals surface area contributed by atoms with E-state index in [9.17, 15) is 0 Å². The first kappa shape index (κ1) is 13.0. The zero-order chi connectivity index (χ0) is 13.0. The Morgan fingerprint density at radius 2 is 2.00 bits per heavy atom. The van der Waals surface area contributed by atoms with Gasteiger partial charge in [0.1, 0.15) is 0 Å². The predicted octanol–water partition coefficient (Wildman–Crippen LogP) is 2.79. The lowest BCUT2D eigenvalue weighted by molar-refractivity contribution is 0.549. The van der Waals surface area contributed by atoms with Crippen molar-refractivity contribution < 1.29 is 0 Å². The Morgan fingerprint density at radius 3 is 2.67 bits per heavy atom. The standard InChI is InChI=1S/C14H16ClN3/c1-10-12(3-2-4-13(10)15)14(18-16)9-11-5-7-17-8-6-11/h2-8,14,18H,9,16H2,1H3. The molecule has 0 bridgehead atoms. The SMILES string of the molecule is Cc1c(Cl)cccc1C(Cc1ccncc1)NN. The summed E-state index contributed by atoms with van der Waals surface area (Å²) < 4.78 is 0. The molecule has 0 saturated heterocycles. The van der Waals surface area contributed by atoms with Crippen LogP contribution in [0.5, 0.6) is 0 Å². The largest absolute Gasteiger partial charge is 0.271 e. The number of nitrogens with zero attached hydrogens (tertiary/aromatic N) is 1. The average Bonchev–Trinajstić information content (AvgIpc) is 2.41. The third-order valence-electron chi connectivity index (χ3n) is 3.08. The van der Waals surface area contributed by atoms with Crippen LogP contribution in [-0.2, 0) is 6.42 Å². The highest BCUT2D eigenvalue weighted by Gasteiger charge is 2.14. The second kappa shape index (κ2) is 5.96. The van der Waals surface area contributed by atoms with Crippen LogP contribution < -0.4 is 11.3 Å². The molecule has 1 heterocycles. The van der Waals surface area contributed by atoms with Crippen LogP contribution in [0.1, 0.15) is 22.7 Å². The van der Waals surface area contributed by atoms with Crippen molar-refractivity contribution in [1.82, 2.24) is 10.4 Å². The number of hydrazine groups is 1. The molecule has 3 nitrogen and oxygen atoms in total. The monoisotopic (exact) mass is 261 g/mol. The Labute approximate surface area is 112 Å². The molecule has 2 aromatic rings. The highest BCUT2D eigenvalue weighted by Crippen LogP contribution is 2.25. The second-order valence-corrected chi connectivity index (χ2v) is 4.64. The van der Waals surface area contributed by atoms with Crippen LogP contribution in [0.3, 0.4) is 0 Å². The van der Waals surface area contributed by atoms with Gasteiger partial charge >= 0.3 is 0 Å². The van der Waals surface area contributed by atoms with Gasteiger partial charge in [0.25, 0.3) is 0 Å². The molecule has 3 N–H and O–H groups in total. The molecule has 1 aromatic carbocycles. The van der Waals surface area contributed by atoms with Crippen LogP contribution in [0.25, 0.3) is 0 Å². The maximum absolute atomic E-state index is 6.14. The van der Waals surface area contributed by atoms with Gasteiger partial charge in [0.15, 0.2) is 0 Å². The van der Waals surface area contributed by atoms with Gasteiger partial charge in [-0.25, -0.2) is 0 Å². The molecule has 0 aliphatic rings. The van der Waals surface area contributed by atoms with Crippen LogP contribution >= 0.6 is 11.6 Å². The molecule has 0 aliphatic carbocycles. The average molecular weight is 262 g/mol. The number of aromatic nitrogens is 1. The van der Waals surface area contributed by atoms with E-state index < -0.39 is 0 Å². The minimum atomic E-state index is 0.0473. The quantitative estimate of drug-likeness (QED) is 0.657. The van der Waals surface area contributed by atoms with Crippen molar-refractivity contribution in [2.24, 2.45) is 5.84 Å².